The van der Waals surface area contributed by atoms with Gasteiger partial charge in [0.15, 0.2) is 0 Å². The summed E-state index contributed by atoms with van der Waals surface area (Å²) in [5.41, 5.74) is 19.2. The molecule has 1 aliphatic rings. The molecule has 1 heterocycles. The zero-order valence-electron chi connectivity index (χ0n) is 36.7. The van der Waals surface area contributed by atoms with Crippen LogP contribution in [0.2, 0.25) is 0 Å². The molecule has 0 amide bonds. The maximum Gasteiger partial charge on any atom is 0.136 e. The molecule has 13 rings (SSSR count). The van der Waals surface area contributed by atoms with Crippen molar-refractivity contribution in [3.8, 4) is 44.5 Å². The first-order valence-electron chi connectivity index (χ1n) is 23.1. The predicted octanol–water partition coefficient (Wildman–Crippen LogP) is 17.6. The van der Waals surface area contributed by atoms with Crippen LogP contribution in [0.15, 0.2) is 265 Å². The van der Waals surface area contributed by atoms with Gasteiger partial charge in [0.1, 0.15) is 11.2 Å². The second-order valence-electron chi connectivity index (χ2n) is 17.6. The van der Waals surface area contributed by atoms with E-state index in [9.17, 15) is 0 Å². The van der Waals surface area contributed by atoms with Gasteiger partial charge in [-0.05, 0) is 132 Å². The Morgan fingerprint density at radius 3 is 1.46 bits per heavy atom. The summed E-state index contributed by atoms with van der Waals surface area (Å²) < 4.78 is 6.47. The molecule has 2 heteroatoms. The molecule has 314 valence electrons. The van der Waals surface area contributed by atoms with E-state index in [1.807, 2.05) is 6.07 Å². The van der Waals surface area contributed by atoms with Crippen LogP contribution in [0.3, 0.4) is 0 Å². The minimum absolute atomic E-state index is 0.514. The Bertz CT molecular complexity index is 3720. The molecule has 1 aromatic heterocycles. The van der Waals surface area contributed by atoms with Crippen molar-refractivity contribution in [2.75, 3.05) is 4.90 Å². The van der Waals surface area contributed by atoms with Crippen molar-refractivity contribution in [1.82, 2.24) is 0 Å². The Kier molecular flexibility index (Phi) is 9.11. The largest absolute Gasteiger partial charge is 0.456 e. The number of benzene rings is 11. The highest BCUT2D eigenvalue weighted by molar-refractivity contribution is 6.22. The molecule has 0 fully saturated rings. The molecule has 0 radical (unpaired) electrons. The van der Waals surface area contributed by atoms with E-state index in [0.717, 1.165) is 61.3 Å². The number of rotatable bonds is 8. The van der Waals surface area contributed by atoms with E-state index in [0.29, 0.717) is 0 Å². The summed E-state index contributed by atoms with van der Waals surface area (Å²) in [6.07, 6.45) is 0. The van der Waals surface area contributed by atoms with Crippen LogP contribution in [0.25, 0.3) is 77.2 Å². The van der Waals surface area contributed by atoms with E-state index < -0.39 is 5.41 Å². The van der Waals surface area contributed by atoms with Gasteiger partial charge in [0.2, 0.25) is 0 Å². The van der Waals surface area contributed by atoms with Crippen LogP contribution >= 0.6 is 0 Å². The third-order valence-corrected chi connectivity index (χ3v) is 14.0. The monoisotopic (exact) mass is 853 g/mol. The topological polar surface area (TPSA) is 16.4 Å². The Morgan fingerprint density at radius 1 is 0.284 bits per heavy atom. The van der Waals surface area contributed by atoms with Crippen molar-refractivity contribution in [2.45, 2.75) is 5.41 Å². The molecule has 0 atom stereocenters. The van der Waals surface area contributed by atoms with Crippen molar-refractivity contribution in [3.05, 3.63) is 283 Å². The first-order valence-corrected chi connectivity index (χ1v) is 23.1. The fourth-order valence-electron chi connectivity index (χ4n) is 10.9. The first kappa shape index (κ1) is 38.7. The highest BCUT2D eigenvalue weighted by Gasteiger charge is 2.46. The Morgan fingerprint density at radius 2 is 0.791 bits per heavy atom. The van der Waals surface area contributed by atoms with Gasteiger partial charge < -0.3 is 9.32 Å². The smallest absolute Gasteiger partial charge is 0.136 e. The number of fused-ring (bicyclic) bond motifs is 8. The Balaban J connectivity index is 0.976. The fourth-order valence-corrected chi connectivity index (χ4v) is 10.9. The molecule has 0 bridgehead atoms. The van der Waals surface area contributed by atoms with Crippen LogP contribution in [-0.4, -0.2) is 0 Å². The molecule has 12 aromatic rings. The summed E-state index contributed by atoms with van der Waals surface area (Å²) in [4.78, 5) is 2.41. The summed E-state index contributed by atoms with van der Waals surface area (Å²) in [5.74, 6) is 0. The minimum atomic E-state index is -0.514. The molecule has 0 saturated heterocycles. The number of para-hydroxylation sites is 1. The quantitative estimate of drug-likeness (QED) is 0.151. The maximum atomic E-state index is 6.47. The number of hydrogen-bond donors (Lipinski definition) is 0. The molecular weight excluding hydrogens is 811 g/mol. The molecule has 0 unspecified atom stereocenters. The van der Waals surface area contributed by atoms with E-state index in [1.54, 1.807) is 0 Å². The van der Waals surface area contributed by atoms with Gasteiger partial charge in [-0.1, -0.05) is 206 Å². The number of furan rings is 1. The van der Waals surface area contributed by atoms with Gasteiger partial charge >= 0.3 is 0 Å². The lowest BCUT2D eigenvalue weighted by atomic mass is 9.67. The number of anilines is 3. The SMILES string of the molecule is c1ccc(-c2ccc(N(c3ccc(-c4ccc5c(c4)c(-c4ccccc4)cc4oc6ccccc6c45)cc3)c3ccc4c(c3)C(c3ccccc3)(c3ccccc3)c3ccccc3-4)cc2)cc1. The van der Waals surface area contributed by atoms with E-state index in [4.69, 9.17) is 4.42 Å². The Hall–Kier alpha value is -8.72. The van der Waals surface area contributed by atoms with Crippen molar-refractivity contribution < 1.29 is 4.42 Å². The second kappa shape index (κ2) is 15.8. The zero-order chi connectivity index (χ0) is 44.3. The summed E-state index contributed by atoms with van der Waals surface area (Å²) >= 11 is 0. The van der Waals surface area contributed by atoms with Gasteiger partial charge in [-0.3, -0.25) is 0 Å². The molecule has 11 aromatic carbocycles. The highest BCUT2D eigenvalue weighted by atomic mass is 16.3. The minimum Gasteiger partial charge on any atom is -0.456 e. The molecular formula is C65H43NO. The first-order chi connectivity index (χ1) is 33.2. The average molecular weight is 854 g/mol. The van der Waals surface area contributed by atoms with Crippen LogP contribution in [0.1, 0.15) is 22.3 Å². The highest BCUT2D eigenvalue weighted by Crippen LogP contribution is 2.57. The van der Waals surface area contributed by atoms with Crippen LogP contribution in [0.5, 0.6) is 0 Å². The lowest BCUT2D eigenvalue weighted by molar-refractivity contribution is 0.669. The van der Waals surface area contributed by atoms with E-state index in [2.05, 4.69) is 260 Å². The van der Waals surface area contributed by atoms with Crippen LogP contribution in [0, 0.1) is 0 Å². The lowest BCUT2D eigenvalue weighted by Crippen LogP contribution is -2.28. The van der Waals surface area contributed by atoms with Crippen LogP contribution in [-0.2, 0) is 5.41 Å². The maximum absolute atomic E-state index is 6.47. The molecule has 1 aliphatic carbocycles. The van der Waals surface area contributed by atoms with E-state index in [1.165, 1.54) is 55.3 Å². The van der Waals surface area contributed by atoms with E-state index >= 15 is 0 Å². The summed E-state index contributed by atoms with van der Waals surface area (Å²) in [6, 6.07) is 95.0. The third-order valence-electron chi connectivity index (χ3n) is 14.0. The summed E-state index contributed by atoms with van der Waals surface area (Å²) in [7, 11) is 0. The zero-order valence-corrected chi connectivity index (χ0v) is 36.7. The van der Waals surface area contributed by atoms with Gasteiger partial charge in [0.05, 0.1) is 5.41 Å². The molecule has 0 saturated carbocycles. The van der Waals surface area contributed by atoms with Gasteiger partial charge in [-0.15, -0.1) is 0 Å². The molecule has 0 N–H and O–H groups in total. The molecule has 2 nitrogen and oxygen atoms in total. The van der Waals surface area contributed by atoms with Crippen molar-refractivity contribution >= 4 is 49.8 Å². The van der Waals surface area contributed by atoms with Gasteiger partial charge in [0.25, 0.3) is 0 Å². The predicted molar refractivity (Wildman–Crippen MR) is 280 cm³/mol. The summed E-state index contributed by atoms with van der Waals surface area (Å²) in [5, 5.41) is 4.68. The number of hydrogen-bond acceptors (Lipinski definition) is 2. The van der Waals surface area contributed by atoms with Gasteiger partial charge in [-0.25, -0.2) is 0 Å². The van der Waals surface area contributed by atoms with Crippen LogP contribution in [0.4, 0.5) is 17.1 Å². The number of nitrogens with zero attached hydrogens (tertiary/aromatic N) is 1. The van der Waals surface area contributed by atoms with E-state index in [-0.39, 0.29) is 0 Å². The average Bonchev–Trinajstić information content (AvgIpc) is 3.93. The standard InChI is InChI=1S/C65H43NO/c1-5-17-44(18-6-1)45-29-34-51(35-30-45)66(53-38-40-55-54-25-13-15-27-60(54)65(61(55)42-53,49-21-9-3-10-22-49)50-23-11-4-12-24-50)52-36-31-46(32-37-52)48-33-39-56-59(41-48)58(47-19-7-2-8-20-47)43-63-64(56)57-26-14-16-28-62(57)67-63/h1-43H. The fraction of sp³-hybridized carbons (Fsp3) is 0.0154. The third kappa shape index (κ3) is 6.26. The van der Waals surface area contributed by atoms with Crippen molar-refractivity contribution in [2.24, 2.45) is 0 Å². The molecule has 0 spiro atoms. The molecule has 67 heavy (non-hydrogen) atoms. The summed E-state index contributed by atoms with van der Waals surface area (Å²) in [6.45, 7) is 0. The normalized spacial score (nSPS) is 12.6. The Labute approximate surface area is 390 Å². The second-order valence-corrected chi connectivity index (χ2v) is 17.6. The van der Waals surface area contributed by atoms with Gasteiger partial charge in [-0.2, -0.15) is 0 Å². The lowest BCUT2D eigenvalue weighted by Gasteiger charge is -2.35. The van der Waals surface area contributed by atoms with Crippen molar-refractivity contribution in [3.63, 3.8) is 0 Å². The molecule has 0 aliphatic heterocycles. The van der Waals surface area contributed by atoms with Gasteiger partial charge in [0, 0.05) is 27.8 Å². The van der Waals surface area contributed by atoms with Crippen molar-refractivity contribution in [1.29, 1.82) is 0 Å². The van der Waals surface area contributed by atoms with Crippen LogP contribution < -0.4 is 4.90 Å².